The van der Waals surface area contributed by atoms with Gasteiger partial charge in [0, 0.05) is 18.6 Å². The summed E-state index contributed by atoms with van der Waals surface area (Å²) < 4.78 is 0. The van der Waals surface area contributed by atoms with Crippen molar-refractivity contribution >= 4 is 0 Å². The largest absolute Gasteiger partial charge is 0.325 e. The molecule has 0 saturated carbocycles. The number of hydrogen-bond acceptors (Lipinski definition) is 2. The molecule has 19 heavy (non-hydrogen) atoms. The molecule has 1 atom stereocenters. The van der Waals surface area contributed by atoms with Crippen molar-refractivity contribution in [3.63, 3.8) is 0 Å². The molecule has 2 N–H and O–H groups in total. The summed E-state index contributed by atoms with van der Waals surface area (Å²) in [5.41, 5.74) is 8.07. The molecule has 1 fully saturated rings. The minimum Gasteiger partial charge on any atom is -0.325 e. The van der Waals surface area contributed by atoms with E-state index in [4.69, 9.17) is 5.73 Å². The maximum atomic E-state index is 6.59. The van der Waals surface area contributed by atoms with Crippen LogP contribution in [0, 0.1) is 5.92 Å². The molecular weight excluding hydrogens is 232 g/mol. The summed E-state index contributed by atoms with van der Waals surface area (Å²) >= 11 is 0. The first kappa shape index (κ1) is 14.5. The lowest BCUT2D eigenvalue weighted by Crippen LogP contribution is -2.41. The molecule has 0 aliphatic carbocycles. The molecule has 1 heterocycles. The predicted molar refractivity (Wildman–Crippen MR) is 81.9 cm³/mol. The summed E-state index contributed by atoms with van der Waals surface area (Å²) in [4.78, 5) is 2.56. The van der Waals surface area contributed by atoms with Gasteiger partial charge in [-0.25, -0.2) is 0 Å². The summed E-state index contributed by atoms with van der Waals surface area (Å²) in [5, 5.41) is 0. The molecule has 106 valence electrons. The molecule has 1 unspecified atom stereocenters. The van der Waals surface area contributed by atoms with Crippen molar-refractivity contribution in [2.24, 2.45) is 11.7 Å². The first-order valence-corrected chi connectivity index (χ1v) is 7.63. The van der Waals surface area contributed by atoms with Crippen LogP contribution in [0.5, 0.6) is 0 Å². The molecule has 2 rings (SSSR count). The minimum absolute atomic E-state index is 0.0691. The Labute approximate surface area is 118 Å². The Morgan fingerprint density at radius 3 is 2.58 bits per heavy atom. The molecule has 1 aliphatic heterocycles. The van der Waals surface area contributed by atoms with Crippen LogP contribution < -0.4 is 5.73 Å². The fraction of sp³-hybridized carbons (Fsp3) is 0.647. The maximum absolute atomic E-state index is 6.59. The van der Waals surface area contributed by atoms with Gasteiger partial charge in [-0.1, -0.05) is 44.2 Å². The highest BCUT2D eigenvalue weighted by Gasteiger charge is 2.29. The summed E-state index contributed by atoms with van der Waals surface area (Å²) in [6.07, 6.45) is 4.71. The fourth-order valence-corrected chi connectivity index (χ4v) is 3.29. The molecule has 0 aromatic heterocycles. The van der Waals surface area contributed by atoms with Crippen LogP contribution in [0.3, 0.4) is 0 Å². The quantitative estimate of drug-likeness (QED) is 0.899. The molecule has 0 bridgehead atoms. The Hall–Kier alpha value is -0.860. The van der Waals surface area contributed by atoms with Gasteiger partial charge in [0.1, 0.15) is 0 Å². The normalized spacial score (nSPS) is 25.5. The lowest BCUT2D eigenvalue weighted by atomic mass is 9.84. The minimum atomic E-state index is 0.0691. The molecule has 0 amide bonds. The Morgan fingerprint density at radius 1 is 1.16 bits per heavy atom. The van der Waals surface area contributed by atoms with Crippen LogP contribution in [0.1, 0.15) is 45.1 Å². The van der Waals surface area contributed by atoms with Crippen LogP contribution in [0.2, 0.25) is 0 Å². The second kappa shape index (κ2) is 6.53. The SMILES string of the molecule is CC(C)CC1(N)CCCN(Cc2ccccc2)CC1. The van der Waals surface area contributed by atoms with Crippen molar-refractivity contribution in [1.82, 2.24) is 4.90 Å². The van der Waals surface area contributed by atoms with Gasteiger partial charge in [0.2, 0.25) is 0 Å². The summed E-state index contributed by atoms with van der Waals surface area (Å²) in [5.74, 6) is 0.700. The van der Waals surface area contributed by atoms with E-state index in [0.717, 1.165) is 25.9 Å². The van der Waals surface area contributed by atoms with E-state index >= 15 is 0 Å². The van der Waals surface area contributed by atoms with E-state index in [1.165, 1.54) is 24.9 Å². The zero-order valence-electron chi connectivity index (χ0n) is 12.4. The average molecular weight is 260 g/mol. The Kier molecular flexibility index (Phi) is 5.00. The summed E-state index contributed by atoms with van der Waals surface area (Å²) in [6, 6.07) is 10.8. The van der Waals surface area contributed by atoms with E-state index in [0.29, 0.717) is 5.92 Å². The molecule has 2 nitrogen and oxygen atoms in total. The zero-order valence-corrected chi connectivity index (χ0v) is 12.4. The molecule has 0 spiro atoms. The average Bonchev–Trinajstić information content (AvgIpc) is 2.52. The van der Waals surface area contributed by atoms with E-state index in [9.17, 15) is 0 Å². The third kappa shape index (κ3) is 4.63. The van der Waals surface area contributed by atoms with E-state index in [1.54, 1.807) is 0 Å². The standard InChI is InChI=1S/C17H28N2/c1-15(2)13-17(18)9-6-11-19(12-10-17)14-16-7-4-3-5-8-16/h3-5,7-8,15H,6,9-14,18H2,1-2H3. The van der Waals surface area contributed by atoms with Gasteiger partial charge in [0.25, 0.3) is 0 Å². The maximum Gasteiger partial charge on any atom is 0.0233 e. The Morgan fingerprint density at radius 2 is 1.89 bits per heavy atom. The van der Waals surface area contributed by atoms with Gasteiger partial charge < -0.3 is 5.73 Å². The van der Waals surface area contributed by atoms with Gasteiger partial charge >= 0.3 is 0 Å². The second-order valence-corrected chi connectivity index (χ2v) is 6.58. The Bertz CT molecular complexity index is 374. The number of likely N-dealkylation sites (tertiary alicyclic amines) is 1. The van der Waals surface area contributed by atoms with E-state index in [-0.39, 0.29) is 5.54 Å². The van der Waals surface area contributed by atoms with Crippen molar-refractivity contribution in [3.8, 4) is 0 Å². The van der Waals surface area contributed by atoms with Gasteiger partial charge in [0.05, 0.1) is 0 Å². The monoisotopic (exact) mass is 260 g/mol. The van der Waals surface area contributed by atoms with E-state index in [1.807, 2.05) is 0 Å². The first-order valence-electron chi connectivity index (χ1n) is 7.63. The number of nitrogens with two attached hydrogens (primary N) is 1. The van der Waals surface area contributed by atoms with Crippen LogP contribution in [-0.2, 0) is 6.54 Å². The van der Waals surface area contributed by atoms with Gasteiger partial charge in [-0.15, -0.1) is 0 Å². The smallest absolute Gasteiger partial charge is 0.0233 e. The first-order chi connectivity index (χ1) is 9.07. The van der Waals surface area contributed by atoms with Crippen LogP contribution in [0.25, 0.3) is 0 Å². The number of hydrogen-bond donors (Lipinski definition) is 1. The highest BCUT2D eigenvalue weighted by molar-refractivity contribution is 5.14. The zero-order chi connectivity index (χ0) is 13.7. The van der Waals surface area contributed by atoms with Crippen molar-refractivity contribution in [2.45, 2.75) is 51.6 Å². The van der Waals surface area contributed by atoms with Gasteiger partial charge in [-0.3, -0.25) is 4.90 Å². The van der Waals surface area contributed by atoms with Gasteiger partial charge in [0.15, 0.2) is 0 Å². The van der Waals surface area contributed by atoms with Crippen LogP contribution in [0.15, 0.2) is 30.3 Å². The number of rotatable bonds is 4. The second-order valence-electron chi connectivity index (χ2n) is 6.58. The van der Waals surface area contributed by atoms with Crippen molar-refractivity contribution in [2.75, 3.05) is 13.1 Å². The van der Waals surface area contributed by atoms with Crippen molar-refractivity contribution in [1.29, 1.82) is 0 Å². The molecule has 1 aromatic rings. The molecular formula is C17H28N2. The Balaban J connectivity index is 1.90. The van der Waals surface area contributed by atoms with E-state index < -0.39 is 0 Å². The van der Waals surface area contributed by atoms with Crippen LogP contribution in [0.4, 0.5) is 0 Å². The van der Waals surface area contributed by atoms with Gasteiger partial charge in [-0.2, -0.15) is 0 Å². The summed E-state index contributed by atoms with van der Waals surface area (Å²) in [7, 11) is 0. The highest BCUT2D eigenvalue weighted by atomic mass is 15.1. The van der Waals surface area contributed by atoms with Crippen molar-refractivity contribution < 1.29 is 0 Å². The molecule has 1 aliphatic rings. The molecule has 1 saturated heterocycles. The molecule has 2 heteroatoms. The highest BCUT2D eigenvalue weighted by Crippen LogP contribution is 2.27. The predicted octanol–water partition coefficient (Wildman–Crippen LogP) is 3.42. The molecule has 0 radical (unpaired) electrons. The van der Waals surface area contributed by atoms with Crippen molar-refractivity contribution in [3.05, 3.63) is 35.9 Å². The molecule has 1 aromatic carbocycles. The lowest BCUT2D eigenvalue weighted by Gasteiger charge is -2.30. The topological polar surface area (TPSA) is 29.3 Å². The number of nitrogens with zero attached hydrogens (tertiary/aromatic N) is 1. The van der Waals surface area contributed by atoms with Crippen LogP contribution >= 0.6 is 0 Å². The van der Waals surface area contributed by atoms with Gasteiger partial charge in [-0.05, 0) is 43.7 Å². The summed E-state index contributed by atoms with van der Waals surface area (Å²) in [6.45, 7) is 7.95. The van der Waals surface area contributed by atoms with Crippen LogP contribution in [-0.4, -0.2) is 23.5 Å². The fourth-order valence-electron chi connectivity index (χ4n) is 3.29. The lowest BCUT2D eigenvalue weighted by molar-refractivity contribution is 0.257. The third-order valence-electron chi connectivity index (χ3n) is 4.14. The number of benzene rings is 1. The third-order valence-corrected chi connectivity index (χ3v) is 4.14. The van der Waals surface area contributed by atoms with E-state index in [2.05, 4.69) is 49.1 Å².